The van der Waals surface area contributed by atoms with E-state index in [1.54, 1.807) is 24.3 Å². The van der Waals surface area contributed by atoms with Crippen molar-refractivity contribution in [2.75, 3.05) is 11.9 Å². The minimum Gasteiger partial charge on any atom is -0.481 e. The van der Waals surface area contributed by atoms with Gasteiger partial charge in [0.25, 0.3) is 11.5 Å². The van der Waals surface area contributed by atoms with E-state index < -0.39 is 17.3 Å². The summed E-state index contributed by atoms with van der Waals surface area (Å²) >= 11 is 0. The number of amides is 1. The lowest BCUT2D eigenvalue weighted by Crippen LogP contribution is -2.24. The summed E-state index contributed by atoms with van der Waals surface area (Å²) in [5.74, 6) is 1.92. The van der Waals surface area contributed by atoms with Crippen LogP contribution in [0.5, 0.6) is 5.75 Å². The molecule has 7 heteroatoms. The van der Waals surface area contributed by atoms with Crippen LogP contribution >= 0.6 is 0 Å². The Bertz CT molecular complexity index is 1070. The fourth-order valence-corrected chi connectivity index (χ4v) is 2.28. The largest absolute Gasteiger partial charge is 0.481 e. The van der Waals surface area contributed by atoms with Crippen molar-refractivity contribution in [1.29, 1.82) is 0 Å². The summed E-state index contributed by atoms with van der Waals surface area (Å²) < 4.78 is 19.4. The van der Waals surface area contributed by atoms with Crippen LogP contribution in [0.2, 0.25) is 0 Å². The summed E-state index contributed by atoms with van der Waals surface area (Å²) in [6, 6.07) is 14.5. The van der Waals surface area contributed by atoms with E-state index in [1.165, 1.54) is 36.4 Å². The molecule has 1 N–H and O–H groups in total. The molecule has 0 unspecified atom stereocenters. The third kappa shape index (κ3) is 4.38. The zero-order chi connectivity index (χ0) is 19.2. The van der Waals surface area contributed by atoms with E-state index in [1.807, 2.05) is 0 Å². The SMILES string of the molecule is C#CCOc1cccc(NC(=O)c2ccc(=O)n(-c3ccc(F)cc3)n2)c1. The third-order valence-corrected chi connectivity index (χ3v) is 3.52. The van der Waals surface area contributed by atoms with Crippen molar-refractivity contribution >= 4 is 11.6 Å². The van der Waals surface area contributed by atoms with Crippen LogP contribution in [-0.2, 0) is 0 Å². The summed E-state index contributed by atoms with van der Waals surface area (Å²) in [4.78, 5) is 24.5. The maximum atomic E-state index is 13.1. The van der Waals surface area contributed by atoms with Gasteiger partial charge in [-0.1, -0.05) is 12.0 Å². The lowest BCUT2D eigenvalue weighted by molar-refractivity contribution is 0.102. The van der Waals surface area contributed by atoms with Crippen LogP contribution in [0.1, 0.15) is 10.5 Å². The minimum atomic E-state index is -0.514. The predicted molar refractivity (Wildman–Crippen MR) is 98.5 cm³/mol. The highest BCUT2D eigenvalue weighted by molar-refractivity contribution is 6.02. The molecule has 134 valence electrons. The molecule has 0 spiro atoms. The summed E-state index contributed by atoms with van der Waals surface area (Å²) in [6.07, 6.45) is 5.15. The van der Waals surface area contributed by atoms with Crippen LogP contribution in [0.15, 0.2) is 65.5 Å². The van der Waals surface area contributed by atoms with Crippen LogP contribution in [0.25, 0.3) is 5.69 Å². The molecule has 3 rings (SSSR count). The number of anilines is 1. The molecule has 3 aromatic rings. The molecule has 0 aliphatic carbocycles. The molecular weight excluding hydrogens is 349 g/mol. The first-order chi connectivity index (χ1) is 13.1. The predicted octanol–water partition coefficient (Wildman–Crippen LogP) is 2.64. The Balaban J connectivity index is 1.83. The number of benzene rings is 2. The highest BCUT2D eigenvalue weighted by Crippen LogP contribution is 2.17. The standard InChI is InChI=1S/C20H14FN3O3/c1-2-12-27-17-5-3-4-15(13-17)22-20(26)18-10-11-19(25)24(23-18)16-8-6-14(21)7-9-16/h1,3-11,13H,12H2,(H,22,26). The molecule has 0 saturated carbocycles. The van der Waals surface area contributed by atoms with Crippen LogP contribution in [0.3, 0.4) is 0 Å². The number of aromatic nitrogens is 2. The molecule has 0 bridgehead atoms. The van der Waals surface area contributed by atoms with Gasteiger partial charge in [0.05, 0.1) is 5.69 Å². The second-order valence-corrected chi connectivity index (χ2v) is 5.42. The van der Waals surface area contributed by atoms with E-state index in [9.17, 15) is 14.0 Å². The van der Waals surface area contributed by atoms with Crippen molar-refractivity contribution in [3.8, 4) is 23.8 Å². The maximum absolute atomic E-state index is 13.1. The van der Waals surface area contributed by atoms with Crippen molar-refractivity contribution in [1.82, 2.24) is 9.78 Å². The second kappa shape index (κ2) is 7.97. The van der Waals surface area contributed by atoms with Gasteiger partial charge < -0.3 is 10.1 Å². The van der Waals surface area contributed by atoms with Gasteiger partial charge in [-0.05, 0) is 42.5 Å². The van der Waals surface area contributed by atoms with Gasteiger partial charge in [0, 0.05) is 17.8 Å². The summed E-state index contributed by atoms with van der Waals surface area (Å²) in [6.45, 7) is 0.113. The molecule has 0 aliphatic rings. The van der Waals surface area contributed by atoms with Gasteiger partial charge in [0.15, 0.2) is 0 Å². The Morgan fingerprint density at radius 2 is 1.96 bits per heavy atom. The molecule has 1 amide bonds. The molecule has 1 heterocycles. The Kier molecular flexibility index (Phi) is 5.28. The van der Waals surface area contributed by atoms with Gasteiger partial charge in [0.2, 0.25) is 0 Å². The van der Waals surface area contributed by atoms with E-state index in [0.29, 0.717) is 17.1 Å². The summed E-state index contributed by atoms with van der Waals surface area (Å²) in [5.41, 5.74) is 0.410. The number of carbonyl (C=O) groups is 1. The normalized spacial score (nSPS) is 10.1. The minimum absolute atomic E-state index is 0.0221. The lowest BCUT2D eigenvalue weighted by Gasteiger charge is -2.09. The number of nitrogens with one attached hydrogen (secondary N) is 1. The van der Waals surface area contributed by atoms with E-state index in [0.717, 1.165) is 4.68 Å². The van der Waals surface area contributed by atoms with Gasteiger partial charge in [-0.2, -0.15) is 9.78 Å². The van der Waals surface area contributed by atoms with Gasteiger partial charge in [-0.3, -0.25) is 9.59 Å². The van der Waals surface area contributed by atoms with E-state index >= 15 is 0 Å². The van der Waals surface area contributed by atoms with Crippen molar-refractivity contribution in [3.63, 3.8) is 0 Å². The summed E-state index contributed by atoms with van der Waals surface area (Å²) in [7, 11) is 0. The average molecular weight is 363 g/mol. The Morgan fingerprint density at radius 1 is 1.19 bits per heavy atom. The van der Waals surface area contributed by atoms with Crippen molar-refractivity contribution in [2.24, 2.45) is 0 Å². The number of hydrogen-bond donors (Lipinski definition) is 1. The number of ether oxygens (including phenoxy) is 1. The second-order valence-electron chi connectivity index (χ2n) is 5.42. The number of carbonyl (C=O) groups excluding carboxylic acids is 1. The smallest absolute Gasteiger partial charge is 0.276 e. The molecule has 1 aromatic heterocycles. The monoisotopic (exact) mass is 363 g/mol. The molecule has 0 aliphatic heterocycles. The first-order valence-electron chi connectivity index (χ1n) is 7.91. The first-order valence-corrected chi connectivity index (χ1v) is 7.91. The molecule has 27 heavy (non-hydrogen) atoms. The maximum Gasteiger partial charge on any atom is 0.276 e. The van der Waals surface area contributed by atoms with Gasteiger partial charge in [-0.15, -0.1) is 6.42 Å². The zero-order valence-corrected chi connectivity index (χ0v) is 14.1. The number of hydrogen-bond acceptors (Lipinski definition) is 4. The Labute approximate surface area is 154 Å². The van der Waals surface area contributed by atoms with Crippen LogP contribution in [0, 0.1) is 18.2 Å². The molecule has 0 atom stereocenters. The molecule has 6 nitrogen and oxygen atoms in total. The van der Waals surface area contributed by atoms with Gasteiger partial charge in [0.1, 0.15) is 23.9 Å². The quantitative estimate of drug-likeness (QED) is 0.708. The topological polar surface area (TPSA) is 73.2 Å². The average Bonchev–Trinajstić information content (AvgIpc) is 2.68. The molecule has 0 radical (unpaired) electrons. The van der Waals surface area contributed by atoms with Gasteiger partial charge >= 0.3 is 0 Å². The van der Waals surface area contributed by atoms with Crippen molar-refractivity contribution in [2.45, 2.75) is 0 Å². The fraction of sp³-hybridized carbons (Fsp3) is 0.0500. The van der Waals surface area contributed by atoms with E-state index in [-0.39, 0.29) is 12.3 Å². The number of halogens is 1. The van der Waals surface area contributed by atoms with Crippen molar-refractivity contribution < 1.29 is 13.9 Å². The highest BCUT2D eigenvalue weighted by Gasteiger charge is 2.11. The van der Waals surface area contributed by atoms with E-state index in [4.69, 9.17) is 11.2 Å². The number of nitrogens with zero attached hydrogens (tertiary/aromatic N) is 2. The van der Waals surface area contributed by atoms with E-state index in [2.05, 4.69) is 16.3 Å². The molecule has 0 fully saturated rings. The number of terminal acetylenes is 1. The molecular formula is C20H14FN3O3. The van der Waals surface area contributed by atoms with Crippen LogP contribution < -0.4 is 15.6 Å². The Morgan fingerprint density at radius 3 is 2.70 bits per heavy atom. The third-order valence-electron chi connectivity index (χ3n) is 3.52. The summed E-state index contributed by atoms with van der Waals surface area (Å²) in [5, 5.41) is 6.73. The van der Waals surface area contributed by atoms with Crippen LogP contribution in [0.4, 0.5) is 10.1 Å². The Hall–Kier alpha value is -3.92. The van der Waals surface area contributed by atoms with Gasteiger partial charge in [-0.25, -0.2) is 4.39 Å². The highest BCUT2D eigenvalue weighted by atomic mass is 19.1. The zero-order valence-electron chi connectivity index (χ0n) is 14.1. The number of rotatable bonds is 5. The molecule has 0 saturated heterocycles. The first kappa shape index (κ1) is 17.9. The van der Waals surface area contributed by atoms with Crippen molar-refractivity contribution in [3.05, 3.63) is 82.5 Å². The molecule has 2 aromatic carbocycles. The van der Waals surface area contributed by atoms with Crippen LogP contribution in [-0.4, -0.2) is 22.3 Å². The fourth-order valence-electron chi connectivity index (χ4n) is 2.28. The lowest BCUT2D eigenvalue weighted by atomic mass is 10.2.